The maximum absolute atomic E-state index is 5.28. The van der Waals surface area contributed by atoms with Gasteiger partial charge in [-0.25, -0.2) is 0 Å². The van der Waals surface area contributed by atoms with Gasteiger partial charge in [-0.15, -0.1) is 0 Å². The quantitative estimate of drug-likeness (QED) is 0.572. The summed E-state index contributed by atoms with van der Waals surface area (Å²) in [5.74, 6) is 1.17. The molecule has 13 heavy (non-hydrogen) atoms. The van der Waals surface area contributed by atoms with E-state index in [0.29, 0.717) is 0 Å². The SMILES string of the molecule is CCCCSC(=S)N(CC)CC.N. The van der Waals surface area contributed by atoms with Gasteiger partial charge < -0.3 is 11.1 Å². The van der Waals surface area contributed by atoms with Crippen molar-refractivity contribution in [3.63, 3.8) is 0 Å². The average Bonchev–Trinajstić information content (AvgIpc) is 2.07. The molecular weight excluding hydrogens is 200 g/mol. The van der Waals surface area contributed by atoms with E-state index in [-0.39, 0.29) is 6.15 Å². The standard InChI is InChI=1S/C9H19NS2.H3N/c1-4-7-8-12-9(11)10(5-2)6-3;/h4-8H2,1-3H3;1H3. The Morgan fingerprint density at radius 3 is 2.15 bits per heavy atom. The number of rotatable bonds is 5. The number of thiocarbonyl (C=S) groups is 1. The normalized spacial score (nSPS) is 9.15. The molecule has 0 rings (SSSR count). The molecule has 0 amide bonds. The van der Waals surface area contributed by atoms with Gasteiger partial charge in [-0.2, -0.15) is 0 Å². The van der Waals surface area contributed by atoms with Gasteiger partial charge in [-0.05, 0) is 20.3 Å². The van der Waals surface area contributed by atoms with Crippen LogP contribution in [0, 0.1) is 0 Å². The number of hydrogen-bond acceptors (Lipinski definition) is 3. The van der Waals surface area contributed by atoms with Crippen LogP contribution in [-0.2, 0) is 0 Å². The van der Waals surface area contributed by atoms with Crippen molar-refractivity contribution in [2.45, 2.75) is 33.6 Å². The molecule has 80 valence electrons. The minimum Gasteiger partial charge on any atom is -0.358 e. The number of unbranched alkanes of at least 4 members (excludes halogenated alkanes) is 1. The zero-order valence-electron chi connectivity index (χ0n) is 9.01. The van der Waals surface area contributed by atoms with E-state index in [4.69, 9.17) is 12.2 Å². The molecule has 4 heteroatoms. The second kappa shape index (κ2) is 10.3. The third-order valence-electron chi connectivity index (χ3n) is 1.75. The first kappa shape index (κ1) is 15.7. The summed E-state index contributed by atoms with van der Waals surface area (Å²) in [5.41, 5.74) is 0. The molecule has 0 aromatic rings. The molecule has 0 bridgehead atoms. The molecule has 0 radical (unpaired) electrons. The summed E-state index contributed by atoms with van der Waals surface area (Å²) in [6.45, 7) is 8.58. The first-order valence-electron chi connectivity index (χ1n) is 4.67. The van der Waals surface area contributed by atoms with E-state index in [0.717, 1.165) is 17.4 Å². The summed E-state index contributed by atoms with van der Waals surface area (Å²) in [6.07, 6.45) is 2.53. The van der Waals surface area contributed by atoms with Crippen LogP contribution in [0.15, 0.2) is 0 Å². The van der Waals surface area contributed by atoms with Gasteiger partial charge in [-0.3, -0.25) is 0 Å². The maximum Gasteiger partial charge on any atom is 0.136 e. The molecule has 0 atom stereocenters. The average molecular weight is 222 g/mol. The Morgan fingerprint density at radius 1 is 1.23 bits per heavy atom. The van der Waals surface area contributed by atoms with Crippen molar-refractivity contribution in [1.82, 2.24) is 11.1 Å². The lowest BCUT2D eigenvalue weighted by Gasteiger charge is -2.20. The first-order chi connectivity index (χ1) is 5.76. The molecule has 0 aromatic heterocycles. The van der Waals surface area contributed by atoms with E-state index in [1.54, 1.807) is 0 Å². The van der Waals surface area contributed by atoms with Crippen molar-refractivity contribution >= 4 is 28.3 Å². The maximum atomic E-state index is 5.28. The molecule has 0 unspecified atom stereocenters. The summed E-state index contributed by atoms with van der Waals surface area (Å²) >= 11 is 7.09. The van der Waals surface area contributed by atoms with Crippen molar-refractivity contribution < 1.29 is 0 Å². The monoisotopic (exact) mass is 222 g/mol. The highest BCUT2D eigenvalue weighted by molar-refractivity contribution is 8.22. The van der Waals surface area contributed by atoms with E-state index in [1.165, 1.54) is 18.6 Å². The molecule has 0 aliphatic heterocycles. The molecule has 0 heterocycles. The summed E-state index contributed by atoms with van der Waals surface area (Å²) in [6, 6.07) is 0. The van der Waals surface area contributed by atoms with Crippen molar-refractivity contribution in [2.24, 2.45) is 0 Å². The summed E-state index contributed by atoms with van der Waals surface area (Å²) in [5, 5.41) is 0. The fourth-order valence-electron chi connectivity index (χ4n) is 0.877. The Labute approximate surface area is 92.0 Å². The summed E-state index contributed by atoms with van der Waals surface area (Å²) < 4.78 is 1.06. The Kier molecular flexibility index (Phi) is 12.4. The van der Waals surface area contributed by atoms with E-state index in [9.17, 15) is 0 Å². The van der Waals surface area contributed by atoms with Gasteiger partial charge >= 0.3 is 0 Å². The fourth-order valence-corrected chi connectivity index (χ4v) is 2.43. The van der Waals surface area contributed by atoms with E-state index in [1.807, 2.05) is 11.8 Å². The van der Waals surface area contributed by atoms with Crippen molar-refractivity contribution in [1.29, 1.82) is 0 Å². The lowest BCUT2D eigenvalue weighted by molar-refractivity contribution is 0.482. The molecule has 0 fully saturated rings. The van der Waals surface area contributed by atoms with Crippen LogP contribution in [-0.4, -0.2) is 28.1 Å². The lowest BCUT2D eigenvalue weighted by Crippen LogP contribution is -2.26. The van der Waals surface area contributed by atoms with Crippen LogP contribution in [0.25, 0.3) is 0 Å². The number of nitrogens with zero attached hydrogens (tertiary/aromatic N) is 1. The van der Waals surface area contributed by atoms with Crippen molar-refractivity contribution in [3.8, 4) is 0 Å². The van der Waals surface area contributed by atoms with Gasteiger partial charge in [0.05, 0.1) is 0 Å². The van der Waals surface area contributed by atoms with Gasteiger partial charge in [0.2, 0.25) is 0 Å². The van der Waals surface area contributed by atoms with Crippen molar-refractivity contribution in [3.05, 3.63) is 0 Å². The topological polar surface area (TPSA) is 38.2 Å². The van der Waals surface area contributed by atoms with Gasteiger partial charge in [0.15, 0.2) is 0 Å². The van der Waals surface area contributed by atoms with E-state index < -0.39 is 0 Å². The van der Waals surface area contributed by atoms with Gasteiger partial charge in [-0.1, -0.05) is 37.3 Å². The van der Waals surface area contributed by atoms with E-state index >= 15 is 0 Å². The first-order valence-corrected chi connectivity index (χ1v) is 6.07. The van der Waals surface area contributed by atoms with Crippen LogP contribution < -0.4 is 6.15 Å². The number of hydrogen-bond donors (Lipinski definition) is 1. The van der Waals surface area contributed by atoms with E-state index in [2.05, 4.69) is 25.7 Å². The highest BCUT2D eigenvalue weighted by Gasteiger charge is 2.03. The molecule has 0 saturated carbocycles. The Bertz CT molecular complexity index is 125. The predicted octanol–water partition coefficient (Wildman–Crippen LogP) is 3.31. The molecular formula is C9H22N2S2. The zero-order valence-corrected chi connectivity index (χ0v) is 10.6. The Balaban J connectivity index is 0. The molecule has 0 aliphatic rings. The zero-order chi connectivity index (χ0) is 9.40. The van der Waals surface area contributed by atoms with Crippen LogP contribution in [0.4, 0.5) is 0 Å². The fraction of sp³-hybridized carbons (Fsp3) is 0.889. The van der Waals surface area contributed by atoms with Crippen molar-refractivity contribution in [2.75, 3.05) is 18.8 Å². The smallest absolute Gasteiger partial charge is 0.136 e. The third-order valence-corrected chi connectivity index (χ3v) is 3.35. The highest BCUT2D eigenvalue weighted by atomic mass is 32.2. The van der Waals surface area contributed by atoms with Gasteiger partial charge in [0.1, 0.15) is 4.32 Å². The minimum atomic E-state index is 0. The lowest BCUT2D eigenvalue weighted by atomic mass is 10.4. The van der Waals surface area contributed by atoms with Crippen LogP contribution in [0.2, 0.25) is 0 Å². The van der Waals surface area contributed by atoms with Gasteiger partial charge in [0, 0.05) is 18.8 Å². The predicted molar refractivity (Wildman–Crippen MR) is 67.9 cm³/mol. The highest BCUT2D eigenvalue weighted by Crippen LogP contribution is 2.11. The minimum absolute atomic E-state index is 0. The molecule has 3 N–H and O–H groups in total. The second-order valence-corrected chi connectivity index (χ2v) is 4.37. The molecule has 0 saturated heterocycles. The van der Waals surface area contributed by atoms with Crippen LogP contribution >= 0.6 is 24.0 Å². The summed E-state index contributed by atoms with van der Waals surface area (Å²) in [7, 11) is 0. The third kappa shape index (κ3) is 7.28. The Morgan fingerprint density at radius 2 is 1.77 bits per heavy atom. The molecule has 2 nitrogen and oxygen atoms in total. The molecule has 0 aromatic carbocycles. The molecule has 0 aliphatic carbocycles. The number of thioether (sulfide) groups is 1. The van der Waals surface area contributed by atoms with Crippen LogP contribution in [0.3, 0.4) is 0 Å². The van der Waals surface area contributed by atoms with Gasteiger partial charge in [0.25, 0.3) is 0 Å². The summed E-state index contributed by atoms with van der Waals surface area (Å²) in [4.78, 5) is 2.23. The molecule has 0 spiro atoms. The van der Waals surface area contributed by atoms with Crippen LogP contribution in [0.5, 0.6) is 0 Å². The largest absolute Gasteiger partial charge is 0.358 e. The van der Waals surface area contributed by atoms with Crippen LogP contribution in [0.1, 0.15) is 33.6 Å². The second-order valence-electron chi connectivity index (χ2n) is 2.64. The Hall–Kier alpha value is 0.200.